The van der Waals surface area contributed by atoms with E-state index in [4.69, 9.17) is 5.11 Å². The van der Waals surface area contributed by atoms with Crippen LogP contribution in [0.1, 0.15) is 41.1 Å². The second-order valence-corrected chi connectivity index (χ2v) is 5.16. The van der Waals surface area contributed by atoms with Crippen LogP contribution in [0.15, 0.2) is 24.3 Å². The van der Waals surface area contributed by atoms with Crippen molar-refractivity contribution in [2.75, 3.05) is 20.1 Å². The number of hydrogen-bond acceptors (Lipinski definition) is 3. The van der Waals surface area contributed by atoms with Gasteiger partial charge in [0.25, 0.3) is 0 Å². The summed E-state index contributed by atoms with van der Waals surface area (Å²) >= 11 is 0. The molecular weight excluding hydrogens is 242 g/mol. The van der Waals surface area contributed by atoms with Crippen LogP contribution in [0.5, 0.6) is 0 Å². The fourth-order valence-electron chi connectivity index (χ4n) is 2.66. The fraction of sp³-hybridized carbons (Fsp3) is 0.467. The number of carboxylic acids is 1. The molecule has 0 amide bonds. The topological polar surface area (TPSA) is 57.6 Å². The van der Waals surface area contributed by atoms with Gasteiger partial charge in [-0.2, -0.15) is 0 Å². The van der Waals surface area contributed by atoms with Crippen LogP contribution in [-0.4, -0.2) is 41.9 Å². The molecule has 1 aromatic carbocycles. The maximum absolute atomic E-state index is 12.0. The number of likely N-dealkylation sites (tertiary alicyclic amines) is 1. The van der Waals surface area contributed by atoms with Crippen LogP contribution in [0.25, 0.3) is 0 Å². The van der Waals surface area contributed by atoms with Crippen LogP contribution >= 0.6 is 0 Å². The van der Waals surface area contributed by atoms with Crippen LogP contribution in [-0.2, 0) is 4.79 Å². The van der Waals surface area contributed by atoms with Crippen LogP contribution in [0.4, 0.5) is 0 Å². The lowest BCUT2D eigenvalue weighted by molar-refractivity contribution is -0.135. The van der Waals surface area contributed by atoms with Gasteiger partial charge in [-0.25, -0.2) is 0 Å². The van der Waals surface area contributed by atoms with Crippen molar-refractivity contribution in [2.45, 2.75) is 25.2 Å². The Bertz CT molecular complexity index is 476. The van der Waals surface area contributed by atoms with Gasteiger partial charge in [0.15, 0.2) is 5.78 Å². The smallest absolute Gasteiger partial charge is 0.311 e. The number of hydrogen-bond donors (Lipinski definition) is 1. The standard InChI is InChI=1S/C15H19NO3/c1-16-8-6-11(7-9-16)12-4-2-3-5-13(12)14(17)10-15(18)19/h2-5,11H,6-10H2,1H3,(H,18,19). The summed E-state index contributed by atoms with van der Waals surface area (Å²) in [5, 5.41) is 8.75. The molecule has 102 valence electrons. The molecule has 4 heteroatoms. The molecule has 1 heterocycles. The number of piperidine rings is 1. The average Bonchev–Trinajstić information content (AvgIpc) is 2.39. The van der Waals surface area contributed by atoms with E-state index in [0.717, 1.165) is 31.5 Å². The molecule has 1 fully saturated rings. The van der Waals surface area contributed by atoms with Gasteiger partial charge in [0, 0.05) is 5.56 Å². The highest BCUT2D eigenvalue weighted by atomic mass is 16.4. The number of carbonyl (C=O) groups is 2. The molecule has 2 rings (SSSR count). The van der Waals surface area contributed by atoms with Gasteiger partial charge >= 0.3 is 5.97 Å². The van der Waals surface area contributed by atoms with E-state index in [1.54, 1.807) is 12.1 Å². The van der Waals surface area contributed by atoms with Crippen molar-refractivity contribution < 1.29 is 14.7 Å². The summed E-state index contributed by atoms with van der Waals surface area (Å²) in [6.07, 6.45) is 1.62. The summed E-state index contributed by atoms with van der Waals surface area (Å²) in [5.74, 6) is -0.990. The fourth-order valence-corrected chi connectivity index (χ4v) is 2.66. The van der Waals surface area contributed by atoms with E-state index in [9.17, 15) is 9.59 Å². The number of ketones is 1. The first kappa shape index (κ1) is 13.7. The van der Waals surface area contributed by atoms with Crippen LogP contribution in [0, 0.1) is 0 Å². The number of carbonyl (C=O) groups excluding carboxylic acids is 1. The minimum absolute atomic E-state index is 0.290. The largest absolute Gasteiger partial charge is 0.481 e. The third-order valence-electron chi connectivity index (χ3n) is 3.73. The minimum atomic E-state index is -1.07. The predicted octanol–water partition coefficient (Wildman–Crippen LogP) is 2.15. The molecule has 0 spiro atoms. The van der Waals surface area contributed by atoms with Gasteiger partial charge in [-0.05, 0) is 44.5 Å². The normalized spacial score (nSPS) is 17.3. The number of aliphatic carboxylic acids is 1. The summed E-state index contributed by atoms with van der Waals surface area (Å²) in [7, 11) is 2.09. The van der Waals surface area contributed by atoms with E-state index in [1.807, 2.05) is 12.1 Å². The van der Waals surface area contributed by atoms with Crippen molar-refractivity contribution >= 4 is 11.8 Å². The maximum atomic E-state index is 12.0. The lowest BCUT2D eigenvalue weighted by atomic mass is 9.85. The van der Waals surface area contributed by atoms with Crippen molar-refractivity contribution in [3.8, 4) is 0 Å². The second kappa shape index (κ2) is 5.97. The molecule has 0 atom stereocenters. The van der Waals surface area contributed by atoms with Crippen LogP contribution in [0.3, 0.4) is 0 Å². The zero-order valence-corrected chi connectivity index (χ0v) is 11.1. The second-order valence-electron chi connectivity index (χ2n) is 5.16. The Morgan fingerprint density at radius 3 is 2.53 bits per heavy atom. The molecule has 1 aliphatic rings. The molecule has 0 aliphatic carbocycles. The highest BCUT2D eigenvalue weighted by molar-refractivity contribution is 6.06. The molecule has 0 radical (unpaired) electrons. The molecule has 0 bridgehead atoms. The Morgan fingerprint density at radius 1 is 1.26 bits per heavy atom. The molecule has 1 saturated heterocycles. The monoisotopic (exact) mass is 261 g/mol. The highest BCUT2D eigenvalue weighted by Crippen LogP contribution is 2.30. The lowest BCUT2D eigenvalue weighted by Gasteiger charge is -2.30. The minimum Gasteiger partial charge on any atom is -0.481 e. The molecule has 4 nitrogen and oxygen atoms in total. The van der Waals surface area contributed by atoms with E-state index < -0.39 is 12.4 Å². The molecule has 0 saturated carbocycles. The Morgan fingerprint density at radius 2 is 1.89 bits per heavy atom. The van der Waals surface area contributed by atoms with Crippen molar-refractivity contribution in [1.29, 1.82) is 0 Å². The molecule has 19 heavy (non-hydrogen) atoms. The first-order valence-electron chi connectivity index (χ1n) is 6.60. The van der Waals surface area contributed by atoms with E-state index in [0.29, 0.717) is 11.5 Å². The van der Waals surface area contributed by atoms with Crippen LogP contribution < -0.4 is 0 Å². The van der Waals surface area contributed by atoms with E-state index >= 15 is 0 Å². The van der Waals surface area contributed by atoms with Gasteiger partial charge in [-0.15, -0.1) is 0 Å². The van der Waals surface area contributed by atoms with Gasteiger partial charge in [0.05, 0.1) is 0 Å². The zero-order chi connectivity index (χ0) is 13.8. The van der Waals surface area contributed by atoms with Crippen molar-refractivity contribution in [3.05, 3.63) is 35.4 Å². The highest BCUT2D eigenvalue weighted by Gasteiger charge is 2.23. The molecule has 0 unspecified atom stereocenters. The average molecular weight is 261 g/mol. The molecule has 1 N–H and O–H groups in total. The van der Waals surface area contributed by atoms with Gasteiger partial charge in [0.1, 0.15) is 6.42 Å². The van der Waals surface area contributed by atoms with Crippen LogP contribution in [0.2, 0.25) is 0 Å². The Hall–Kier alpha value is -1.68. The number of rotatable bonds is 4. The number of carboxylic acid groups (broad SMARTS) is 1. The third kappa shape index (κ3) is 3.41. The number of nitrogens with zero attached hydrogens (tertiary/aromatic N) is 1. The molecule has 1 aromatic rings. The first-order valence-corrected chi connectivity index (χ1v) is 6.60. The van der Waals surface area contributed by atoms with Crippen molar-refractivity contribution in [1.82, 2.24) is 4.90 Å². The van der Waals surface area contributed by atoms with Crippen molar-refractivity contribution in [3.63, 3.8) is 0 Å². The zero-order valence-electron chi connectivity index (χ0n) is 11.1. The Balaban J connectivity index is 2.21. The van der Waals surface area contributed by atoms with E-state index in [2.05, 4.69) is 11.9 Å². The summed E-state index contributed by atoms with van der Waals surface area (Å²) < 4.78 is 0. The third-order valence-corrected chi connectivity index (χ3v) is 3.73. The molecule has 0 aromatic heterocycles. The quantitative estimate of drug-likeness (QED) is 0.666. The lowest BCUT2D eigenvalue weighted by Crippen LogP contribution is -2.29. The van der Waals surface area contributed by atoms with Gasteiger partial charge in [-0.3, -0.25) is 9.59 Å². The number of benzene rings is 1. The predicted molar refractivity (Wildman–Crippen MR) is 72.5 cm³/mol. The summed E-state index contributed by atoms with van der Waals surface area (Å²) in [4.78, 5) is 25.0. The summed E-state index contributed by atoms with van der Waals surface area (Å²) in [6, 6.07) is 7.43. The Labute approximate surface area is 113 Å². The summed E-state index contributed by atoms with van der Waals surface area (Å²) in [6.45, 7) is 2.04. The first-order chi connectivity index (χ1) is 9.08. The molecular formula is C15H19NO3. The van der Waals surface area contributed by atoms with E-state index in [1.165, 1.54) is 0 Å². The summed E-state index contributed by atoms with van der Waals surface area (Å²) in [5.41, 5.74) is 1.60. The Kier molecular flexibility index (Phi) is 4.32. The maximum Gasteiger partial charge on any atom is 0.311 e. The van der Waals surface area contributed by atoms with Crippen molar-refractivity contribution in [2.24, 2.45) is 0 Å². The molecule has 1 aliphatic heterocycles. The van der Waals surface area contributed by atoms with E-state index in [-0.39, 0.29) is 5.78 Å². The van der Waals surface area contributed by atoms with Gasteiger partial charge in [-0.1, -0.05) is 24.3 Å². The van der Waals surface area contributed by atoms with Gasteiger partial charge in [0.2, 0.25) is 0 Å². The number of Topliss-reactive ketones (excluding diaryl/α,β-unsaturated/α-hetero) is 1. The van der Waals surface area contributed by atoms with Gasteiger partial charge < -0.3 is 10.0 Å². The SMILES string of the molecule is CN1CCC(c2ccccc2C(=O)CC(=O)O)CC1.